The number of guanidine groups is 1. The van der Waals surface area contributed by atoms with Gasteiger partial charge in [0.1, 0.15) is 12.6 Å². The van der Waals surface area contributed by atoms with Crippen molar-refractivity contribution in [2.75, 3.05) is 39.3 Å². The summed E-state index contributed by atoms with van der Waals surface area (Å²) in [6.07, 6.45) is 4.23. The molecular formula is C31H42N6O4. The highest BCUT2D eigenvalue weighted by Gasteiger charge is 2.40. The number of nitrogens with two attached hydrogens (primary N) is 1. The van der Waals surface area contributed by atoms with Gasteiger partial charge in [0, 0.05) is 26.1 Å². The number of aliphatic hydroxyl groups excluding tert-OH is 1. The minimum Gasteiger partial charge on any atom is -0.394 e. The van der Waals surface area contributed by atoms with Crippen molar-refractivity contribution in [3.8, 4) is 0 Å². The third-order valence-electron chi connectivity index (χ3n) is 8.00. The van der Waals surface area contributed by atoms with E-state index in [1.165, 1.54) is 10.5 Å². The second-order valence-electron chi connectivity index (χ2n) is 11.1. The van der Waals surface area contributed by atoms with E-state index in [2.05, 4.69) is 17.4 Å². The lowest BCUT2D eigenvalue weighted by Gasteiger charge is -2.40. The summed E-state index contributed by atoms with van der Waals surface area (Å²) in [6, 6.07) is 18.3. The summed E-state index contributed by atoms with van der Waals surface area (Å²) in [7, 11) is 0. The molecule has 0 aliphatic carbocycles. The molecule has 41 heavy (non-hydrogen) atoms. The second-order valence-corrected chi connectivity index (χ2v) is 11.1. The van der Waals surface area contributed by atoms with Crippen molar-refractivity contribution in [3.63, 3.8) is 0 Å². The van der Waals surface area contributed by atoms with Crippen LogP contribution in [0.15, 0.2) is 60.7 Å². The van der Waals surface area contributed by atoms with Gasteiger partial charge in [-0.2, -0.15) is 0 Å². The van der Waals surface area contributed by atoms with Crippen LogP contribution in [0.25, 0.3) is 0 Å². The van der Waals surface area contributed by atoms with Crippen LogP contribution >= 0.6 is 0 Å². The quantitative estimate of drug-likeness (QED) is 0.227. The summed E-state index contributed by atoms with van der Waals surface area (Å²) in [5.41, 5.74) is 7.75. The van der Waals surface area contributed by atoms with E-state index in [1.807, 2.05) is 53.4 Å². The van der Waals surface area contributed by atoms with E-state index >= 15 is 0 Å². The number of nitrogens with zero attached hydrogens (tertiary/aromatic N) is 3. The molecule has 2 aliphatic heterocycles. The molecule has 2 aromatic carbocycles. The molecule has 2 saturated heterocycles. The third kappa shape index (κ3) is 8.53. The molecule has 2 aromatic rings. The van der Waals surface area contributed by atoms with Gasteiger partial charge in [-0.3, -0.25) is 19.8 Å². The zero-order valence-corrected chi connectivity index (χ0v) is 23.6. The Balaban J connectivity index is 1.39. The maximum atomic E-state index is 13.7. The number of benzene rings is 2. The fourth-order valence-corrected chi connectivity index (χ4v) is 5.88. The average molecular weight is 563 g/mol. The summed E-state index contributed by atoms with van der Waals surface area (Å²) < 4.78 is 0. The van der Waals surface area contributed by atoms with E-state index in [1.54, 1.807) is 4.90 Å². The predicted molar refractivity (Wildman–Crippen MR) is 157 cm³/mol. The normalized spacial score (nSPS) is 20.2. The Labute approximate surface area is 242 Å². The zero-order chi connectivity index (χ0) is 29.2. The lowest BCUT2D eigenvalue weighted by molar-refractivity contribution is -0.157. The molecule has 220 valence electrons. The first-order valence-corrected chi connectivity index (χ1v) is 14.5. The maximum Gasteiger partial charge on any atom is 0.246 e. The number of hydrogen-bond donors (Lipinski definition) is 4. The van der Waals surface area contributed by atoms with Crippen molar-refractivity contribution in [1.82, 2.24) is 20.0 Å². The van der Waals surface area contributed by atoms with Crippen LogP contribution in [0.1, 0.15) is 36.8 Å². The number of aliphatic hydroxyl groups is 1. The highest BCUT2D eigenvalue weighted by molar-refractivity contribution is 5.97. The van der Waals surface area contributed by atoms with Gasteiger partial charge in [0.05, 0.1) is 19.2 Å². The summed E-state index contributed by atoms with van der Waals surface area (Å²) >= 11 is 0. The minimum atomic E-state index is -0.781. The van der Waals surface area contributed by atoms with Gasteiger partial charge in [-0.1, -0.05) is 60.7 Å². The van der Waals surface area contributed by atoms with Crippen LogP contribution in [0, 0.1) is 11.3 Å². The molecular weight excluding hydrogens is 520 g/mol. The zero-order valence-electron chi connectivity index (χ0n) is 23.6. The number of piperidine rings is 1. The van der Waals surface area contributed by atoms with Crippen LogP contribution < -0.4 is 11.1 Å². The number of piperazine rings is 1. The summed E-state index contributed by atoms with van der Waals surface area (Å²) in [5, 5.41) is 20.6. The lowest BCUT2D eigenvalue weighted by Crippen LogP contribution is -2.62. The second kappa shape index (κ2) is 14.6. The van der Waals surface area contributed by atoms with Crippen molar-refractivity contribution >= 4 is 23.7 Å². The van der Waals surface area contributed by atoms with E-state index in [0.29, 0.717) is 25.9 Å². The van der Waals surface area contributed by atoms with E-state index in [9.17, 15) is 19.5 Å². The number of rotatable bonds is 12. The van der Waals surface area contributed by atoms with Gasteiger partial charge >= 0.3 is 0 Å². The molecule has 4 rings (SSSR count). The number of hydrogen-bond acceptors (Lipinski definition) is 5. The molecule has 0 radical (unpaired) electrons. The maximum absolute atomic E-state index is 13.7. The highest BCUT2D eigenvalue weighted by atomic mass is 16.3. The molecule has 0 unspecified atom stereocenters. The van der Waals surface area contributed by atoms with Crippen molar-refractivity contribution in [1.29, 1.82) is 5.41 Å². The minimum absolute atomic E-state index is 0.0335. The SMILES string of the molecule is N=C(N)N1CCC[C@H](C[C@@H](CO)NC(=O)CN2C(=O)CN(CCCc3ccccc3)C(=O)[C@H]2Cc2ccccc2)C1. The Morgan fingerprint density at radius 3 is 2.41 bits per heavy atom. The largest absolute Gasteiger partial charge is 0.394 e. The van der Waals surface area contributed by atoms with E-state index in [0.717, 1.165) is 37.8 Å². The standard InChI is InChI=1S/C31H42N6O4/c32-31(33)36-16-8-14-25(19-36)17-26(22-38)34-28(39)20-37-27(18-24-11-5-2-6-12-24)30(41)35(21-29(37)40)15-7-13-23-9-3-1-4-10-23/h1-6,9-12,25-27,38H,7-8,13-22H2,(H3,32,33)(H,34,39)/t25-,26+,27-/m1/s1. The van der Waals surface area contributed by atoms with Crippen LogP contribution in [0.3, 0.4) is 0 Å². The number of carbonyl (C=O) groups is 3. The van der Waals surface area contributed by atoms with Crippen LogP contribution in [0.2, 0.25) is 0 Å². The smallest absolute Gasteiger partial charge is 0.246 e. The molecule has 2 aliphatic rings. The molecule has 5 N–H and O–H groups in total. The summed E-state index contributed by atoms with van der Waals surface area (Å²) in [4.78, 5) is 45.0. The molecule has 3 atom stereocenters. The van der Waals surface area contributed by atoms with Gasteiger partial charge in [0.2, 0.25) is 17.7 Å². The van der Waals surface area contributed by atoms with Crippen molar-refractivity contribution in [3.05, 3.63) is 71.8 Å². The molecule has 0 saturated carbocycles. The number of nitrogens with one attached hydrogen (secondary N) is 2. The van der Waals surface area contributed by atoms with Crippen molar-refractivity contribution < 1.29 is 19.5 Å². The number of aryl methyl sites for hydroxylation is 1. The molecule has 10 heteroatoms. The Bertz CT molecular complexity index is 1180. The van der Waals surface area contributed by atoms with Crippen LogP contribution in [-0.4, -0.2) is 94.9 Å². The fraction of sp³-hybridized carbons (Fsp3) is 0.484. The molecule has 10 nitrogen and oxygen atoms in total. The Kier molecular flexibility index (Phi) is 10.7. The number of likely N-dealkylation sites (tertiary alicyclic amines) is 1. The van der Waals surface area contributed by atoms with Gasteiger partial charge in [0.15, 0.2) is 5.96 Å². The van der Waals surface area contributed by atoms with E-state index in [-0.39, 0.29) is 43.4 Å². The molecule has 0 bridgehead atoms. The predicted octanol–water partition coefficient (Wildman–Crippen LogP) is 1.37. The number of carbonyl (C=O) groups excluding carboxylic acids is 3. The van der Waals surface area contributed by atoms with Crippen LogP contribution in [0.4, 0.5) is 0 Å². The van der Waals surface area contributed by atoms with Gasteiger partial charge in [-0.15, -0.1) is 0 Å². The molecule has 3 amide bonds. The van der Waals surface area contributed by atoms with Crippen molar-refractivity contribution in [2.45, 2.75) is 50.6 Å². The monoisotopic (exact) mass is 562 g/mol. The summed E-state index contributed by atoms with van der Waals surface area (Å²) in [6.45, 7) is 1.27. The lowest BCUT2D eigenvalue weighted by atomic mass is 9.91. The van der Waals surface area contributed by atoms with Crippen LogP contribution in [0.5, 0.6) is 0 Å². The van der Waals surface area contributed by atoms with Gasteiger partial charge in [-0.25, -0.2) is 0 Å². The Morgan fingerprint density at radius 2 is 1.76 bits per heavy atom. The molecule has 0 spiro atoms. The van der Waals surface area contributed by atoms with Crippen LogP contribution in [-0.2, 0) is 27.2 Å². The first kappa shape index (κ1) is 30.0. The third-order valence-corrected chi connectivity index (χ3v) is 8.00. The van der Waals surface area contributed by atoms with Gasteiger partial charge in [0.25, 0.3) is 0 Å². The van der Waals surface area contributed by atoms with Gasteiger partial charge < -0.3 is 30.9 Å². The van der Waals surface area contributed by atoms with Crippen molar-refractivity contribution in [2.24, 2.45) is 11.7 Å². The molecule has 2 fully saturated rings. The first-order chi connectivity index (χ1) is 19.8. The highest BCUT2D eigenvalue weighted by Crippen LogP contribution is 2.22. The van der Waals surface area contributed by atoms with E-state index in [4.69, 9.17) is 11.1 Å². The number of amides is 3. The molecule has 2 heterocycles. The molecule has 0 aromatic heterocycles. The van der Waals surface area contributed by atoms with E-state index < -0.39 is 18.0 Å². The fourth-order valence-electron chi connectivity index (χ4n) is 5.88. The van der Waals surface area contributed by atoms with Gasteiger partial charge in [-0.05, 0) is 49.1 Å². The Morgan fingerprint density at radius 1 is 1.07 bits per heavy atom. The summed E-state index contributed by atoms with van der Waals surface area (Å²) in [5.74, 6) is -0.602. The topological polar surface area (TPSA) is 143 Å². The average Bonchev–Trinajstić information content (AvgIpc) is 2.98. The Hall–Kier alpha value is -3.92. The first-order valence-electron chi connectivity index (χ1n) is 14.5.